The van der Waals surface area contributed by atoms with Crippen LogP contribution in [-0.4, -0.2) is 26.2 Å². The van der Waals surface area contributed by atoms with Crippen LogP contribution in [0.2, 0.25) is 0 Å². The fourth-order valence-corrected chi connectivity index (χ4v) is 6.18. The summed E-state index contributed by atoms with van der Waals surface area (Å²) in [6.45, 7) is 0. The Morgan fingerprint density at radius 2 is 1.15 bits per heavy atom. The van der Waals surface area contributed by atoms with Crippen molar-refractivity contribution in [3.8, 4) is 0 Å². The molecule has 4 atom stereocenters. The van der Waals surface area contributed by atoms with Gasteiger partial charge in [-0.2, -0.15) is 0 Å². The number of ether oxygens (including phenoxy) is 2. The molecule has 132 valence electrons. The summed E-state index contributed by atoms with van der Waals surface area (Å²) in [4.78, 5) is 26.3. The van der Waals surface area contributed by atoms with Crippen molar-refractivity contribution in [2.75, 3.05) is 14.2 Å². The number of fused-ring (bicyclic) bond motifs is 8. The number of esters is 2. The molecular weight excluding hydrogens is 328 g/mol. The number of benzene rings is 2. The Kier molecular flexibility index (Phi) is 2.98. The van der Waals surface area contributed by atoms with Gasteiger partial charge in [0, 0.05) is 11.8 Å². The van der Waals surface area contributed by atoms with Crippen molar-refractivity contribution in [2.45, 2.75) is 24.7 Å². The van der Waals surface area contributed by atoms with Gasteiger partial charge in [0.1, 0.15) is 0 Å². The van der Waals surface area contributed by atoms with Crippen molar-refractivity contribution in [1.29, 1.82) is 0 Å². The smallest absolute Gasteiger partial charge is 0.313 e. The lowest BCUT2D eigenvalue weighted by Gasteiger charge is -2.61. The zero-order valence-corrected chi connectivity index (χ0v) is 14.8. The number of methoxy groups -OCH3 is 2. The average Bonchev–Trinajstić information content (AvgIpc) is 3.14. The summed E-state index contributed by atoms with van der Waals surface area (Å²) in [6.07, 6.45) is 1.06. The molecule has 3 aliphatic carbocycles. The highest BCUT2D eigenvalue weighted by Gasteiger charge is 2.83. The molecule has 1 saturated carbocycles. The normalized spacial score (nSPS) is 32.5. The number of hydrogen-bond acceptors (Lipinski definition) is 4. The van der Waals surface area contributed by atoms with E-state index in [0.29, 0.717) is 12.8 Å². The van der Waals surface area contributed by atoms with Crippen molar-refractivity contribution in [3.05, 3.63) is 70.8 Å². The van der Waals surface area contributed by atoms with E-state index in [1.165, 1.54) is 25.3 Å². The molecular formula is C22H20O4. The second-order valence-corrected chi connectivity index (χ2v) is 7.63. The number of carbonyl (C=O) groups excluding carboxylic acids is 2. The summed E-state index contributed by atoms with van der Waals surface area (Å²) in [5, 5.41) is 0. The van der Waals surface area contributed by atoms with Crippen molar-refractivity contribution in [1.82, 2.24) is 0 Å². The first-order valence-electron chi connectivity index (χ1n) is 8.94. The second kappa shape index (κ2) is 4.97. The molecule has 3 aliphatic rings. The van der Waals surface area contributed by atoms with Crippen LogP contribution in [0.4, 0.5) is 0 Å². The van der Waals surface area contributed by atoms with Gasteiger partial charge in [0.15, 0.2) is 0 Å². The maximum atomic E-state index is 13.2. The van der Waals surface area contributed by atoms with Crippen LogP contribution in [0, 0.1) is 10.8 Å². The van der Waals surface area contributed by atoms with E-state index < -0.39 is 10.8 Å². The second-order valence-electron chi connectivity index (χ2n) is 7.63. The van der Waals surface area contributed by atoms with E-state index >= 15 is 0 Å². The lowest BCUT2D eigenvalue weighted by molar-refractivity contribution is -0.204. The molecule has 4 heteroatoms. The maximum Gasteiger partial charge on any atom is 0.313 e. The van der Waals surface area contributed by atoms with Gasteiger partial charge in [-0.3, -0.25) is 9.59 Å². The molecule has 0 radical (unpaired) electrons. The van der Waals surface area contributed by atoms with Crippen LogP contribution in [0.25, 0.3) is 0 Å². The first-order chi connectivity index (χ1) is 12.6. The first-order valence-corrected chi connectivity index (χ1v) is 8.94. The van der Waals surface area contributed by atoms with Crippen LogP contribution in [0.5, 0.6) is 0 Å². The van der Waals surface area contributed by atoms with Crippen LogP contribution in [0.3, 0.4) is 0 Å². The molecule has 26 heavy (non-hydrogen) atoms. The average molecular weight is 348 g/mol. The lowest BCUT2D eigenvalue weighted by Crippen LogP contribution is -2.68. The van der Waals surface area contributed by atoms with E-state index in [0.717, 1.165) is 11.1 Å². The maximum absolute atomic E-state index is 13.2. The quantitative estimate of drug-likeness (QED) is 0.783. The molecule has 0 heterocycles. The zero-order chi connectivity index (χ0) is 18.1. The summed E-state index contributed by atoms with van der Waals surface area (Å²) >= 11 is 0. The third kappa shape index (κ3) is 1.45. The van der Waals surface area contributed by atoms with E-state index in [1.807, 2.05) is 24.3 Å². The number of carbonyl (C=O) groups is 2. The van der Waals surface area contributed by atoms with Crippen molar-refractivity contribution >= 4 is 11.9 Å². The molecule has 4 nitrogen and oxygen atoms in total. The highest BCUT2D eigenvalue weighted by molar-refractivity contribution is 5.97. The summed E-state index contributed by atoms with van der Waals surface area (Å²) in [6, 6.07) is 16.3. The molecule has 0 N–H and O–H groups in total. The van der Waals surface area contributed by atoms with Gasteiger partial charge in [0.05, 0.1) is 25.0 Å². The Morgan fingerprint density at radius 1 is 0.769 bits per heavy atom. The first kappa shape index (κ1) is 15.6. The third-order valence-electron chi connectivity index (χ3n) is 7.01. The Hall–Kier alpha value is -2.62. The molecule has 0 aromatic heterocycles. The van der Waals surface area contributed by atoms with Gasteiger partial charge in [-0.25, -0.2) is 0 Å². The van der Waals surface area contributed by atoms with Gasteiger partial charge >= 0.3 is 11.9 Å². The molecule has 0 bridgehead atoms. The predicted molar refractivity (Wildman–Crippen MR) is 94.7 cm³/mol. The van der Waals surface area contributed by atoms with Crippen LogP contribution in [-0.2, 0) is 31.9 Å². The molecule has 2 aromatic rings. The summed E-state index contributed by atoms with van der Waals surface area (Å²) in [5.41, 5.74) is 2.83. The summed E-state index contributed by atoms with van der Waals surface area (Å²) < 4.78 is 10.5. The number of rotatable bonds is 2. The molecule has 0 saturated heterocycles. The SMILES string of the molecule is COC(=O)[C@@]12Cc3ccccc3C1C1c3ccccc3C[C@@]12C(=O)OC. The minimum atomic E-state index is -0.887. The van der Waals surface area contributed by atoms with Crippen LogP contribution in [0.15, 0.2) is 48.5 Å². The third-order valence-corrected chi connectivity index (χ3v) is 7.01. The molecule has 0 spiro atoms. The standard InChI is InChI=1S/C22H20O4/c1-25-19(23)21-11-13-7-3-5-9-15(13)17(21)18-16-10-6-4-8-14(16)12-22(18,21)20(24)26-2/h3-10,17-18H,11-12H2,1-2H3/t17?,18?,21-,22+. The molecule has 0 amide bonds. The Balaban J connectivity index is 1.80. The fourth-order valence-electron chi connectivity index (χ4n) is 6.18. The minimum Gasteiger partial charge on any atom is -0.469 e. The molecule has 5 rings (SSSR count). The monoisotopic (exact) mass is 348 g/mol. The van der Waals surface area contributed by atoms with E-state index in [2.05, 4.69) is 24.3 Å². The van der Waals surface area contributed by atoms with Crippen LogP contribution in [0.1, 0.15) is 34.1 Å². The van der Waals surface area contributed by atoms with Gasteiger partial charge in [-0.05, 0) is 35.1 Å². The minimum absolute atomic E-state index is 0.0473. The predicted octanol–water partition coefficient (Wildman–Crippen LogP) is 3.00. The highest BCUT2D eigenvalue weighted by atomic mass is 16.5. The molecule has 2 unspecified atom stereocenters. The lowest BCUT2D eigenvalue weighted by atomic mass is 9.38. The van der Waals surface area contributed by atoms with Gasteiger partial charge in [-0.15, -0.1) is 0 Å². The van der Waals surface area contributed by atoms with E-state index in [4.69, 9.17) is 9.47 Å². The summed E-state index contributed by atoms with van der Waals surface area (Å²) in [5.74, 6) is -0.691. The van der Waals surface area contributed by atoms with Crippen molar-refractivity contribution < 1.29 is 19.1 Å². The van der Waals surface area contributed by atoms with E-state index in [-0.39, 0.29) is 23.8 Å². The van der Waals surface area contributed by atoms with Crippen molar-refractivity contribution in [2.24, 2.45) is 10.8 Å². The molecule has 2 aromatic carbocycles. The van der Waals surface area contributed by atoms with Gasteiger partial charge in [-0.1, -0.05) is 48.5 Å². The van der Waals surface area contributed by atoms with Crippen LogP contribution < -0.4 is 0 Å². The fraction of sp³-hybridized carbons (Fsp3) is 0.364. The zero-order valence-electron chi connectivity index (χ0n) is 14.8. The van der Waals surface area contributed by atoms with Gasteiger partial charge in [0.2, 0.25) is 0 Å². The van der Waals surface area contributed by atoms with E-state index in [9.17, 15) is 9.59 Å². The molecule has 1 fully saturated rings. The van der Waals surface area contributed by atoms with Gasteiger partial charge in [0.25, 0.3) is 0 Å². The summed E-state index contributed by atoms with van der Waals surface area (Å²) in [7, 11) is 2.83. The molecule has 0 aliphatic heterocycles. The largest absolute Gasteiger partial charge is 0.469 e. The Bertz CT molecular complexity index is 871. The Labute approximate surface area is 152 Å². The number of hydrogen-bond donors (Lipinski definition) is 0. The van der Waals surface area contributed by atoms with Crippen LogP contribution >= 0.6 is 0 Å². The topological polar surface area (TPSA) is 52.6 Å². The highest BCUT2D eigenvalue weighted by Crippen LogP contribution is 2.80. The van der Waals surface area contributed by atoms with E-state index in [1.54, 1.807) is 0 Å². The van der Waals surface area contributed by atoms with Gasteiger partial charge < -0.3 is 9.47 Å². The Morgan fingerprint density at radius 3 is 1.54 bits per heavy atom. The van der Waals surface area contributed by atoms with Crippen molar-refractivity contribution in [3.63, 3.8) is 0 Å².